The highest BCUT2D eigenvalue weighted by Gasteiger charge is 2.31. The van der Waals surface area contributed by atoms with Crippen LogP contribution in [0.1, 0.15) is 6.42 Å². The maximum atomic E-state index is 12.1. The summed E-state index contributed by atoms with van der Waals surface area (Å²) >= 11 is 0. The lowest BCUT2D eigenvalue weighted by molar-refractivity contribution is -0.149. The molecule has 1 heterocycles. The van der Waals surface area contributed by atoms with Gasteiger partial charge in [0.2, 0.25) is 0 Å². The summed E-state index contributed by atoms with van der Waals surface area (Å²) in [5.74, 6) is 0.123. The molecular formula is C9H17F3N4. The molecule has 1 fully saturated rings. The average Bonchev–Trinajstić information content (AvgIpc) is 2.14. The van der Waals surface area contributed by atoms with Crippen LogP contribution in [0.5, 0.6) is 0 Å². The first kappa shape index (κ1) is 13.2. The molecule has 7 heteroatoms. The highest BCUT2D eigenvalue weighted by Crippen LogP contribution is 2.17. The lowest BCUT2D eigenvalue weighted by atomic mass is 10.3. The molecule has 0 unspecified atom stereocenters. The first-order valence-corrected chi connectivity index (χ1v) is 5.21. The number of nitrogens with two attached hydrogens (primary N) is 1. The van der Waals surface area contributed by atoms with Crippen molar-refractivity contribution in [1.29, 1.82) is 5.41 Å². The number of hydrogen-bond acceptors (Lipinski definition) is 3. The SMILES string of the molecule is N=C(N)CCN1CCN(CC(F)(F)F)CC1. The Labute approximate surface area is 92.7 Å². The number of hydrogen-bond donors (Lipinski definition) is 2. The third-order valence-corrected chi connectivity index (χ3v) is 2.57. The fraction of sp³-hybridized carbons (Fsp3) is 0.889. The van der Waals surface area contributed by atoms with Gasteiger partial charge in [0.25, 0.3) is 0 Å². The monoisotopic (exact) mass is 238 g/mol. The lowest BCUT2D eigenvalue weighted by Crippen LogP contribution is -2.49. The molecule has 0 radical (unpaired) electrons. The second-order valence-electron chi connectivity index (χ2n) is 4.01. The molecule has 0 aromatic rings. The van der Waals surface area contributed by atoms with Gasteiger partial charge in [-0.2, -0.15) is 13.2 Å². The zero-order chi connectivity index (χ0) is 12.2. The number of alkyl halides is 3. The zero-order valence-electron chi connectivity index (χ0n) is 9.06. The molecule has 0 amide bonds. The molecule has 0 bridgehead atoms. The minimum absolute atomic E-state index is 0.123. The Morgan fingerprint density at radius 1 is 1.12 bits per heavy atom. The maximum Gasteiger partial charge on any atom is 0.401 e. The lowest BCUT2D eigenvalue weighted by Gasteiger charge is -2.34. The van der Waals surface area contributed by atoms with Crippen LogP contribution in [0.4, 0.5) is 13.2 Å². The Kier molecular flexibility index (Phi) is 4.55. The number of rotatable bonds is 4. The minimum atomic E-state index is -4.11. The van der Waals surface area contributed by atoms with Crippen LogP contribution in [0.15, 0.2) is 0 Å². The van der Waals surface area contributed by atoms with Crippen LogP contribution < -0.4 is 5.73 Å². The molecule has 0 aromatic carbocycles. The summed E-state index contributed by atoms with van der Waals surface area (Å²) < 4.78 is 36.3. The van der Waals surface area contributed by atoms with Gasteiger partial charge >= 0.3 is 6.18 Å². The van der Waals surface area contributed by atoms with E-state index in [9.17, 15) is 13.2 Å². The normalized spacial score (nSPS) is 19.9. The van der Waals surface area contributed by atoms with Gasteiger partial charge in [-0.1, -0.05) is 0 Å². The van der Waals surface area contributed by atoms with Gasteiger partial charge in [-0.25, -0.2) is 0 Å². The third kappa shape index (κ3) is 5.32. The van der Waals surface area contributed by atoms with Gasteiger partial charge < -0.3 is 10.6 Å². The molecule has 4 nitrogen and oxygen atoms in total. The fourth-order valence-corrected chi connectivity index (χ4v) is 1.70. The van der Waals surface area contributed by atoms with Crippen molar-refractivity contribution in [2.45, 2.75) is 12.6 Å². The van der Waals surface area contributed by atoms with Crippen LogP contribution in [0.3, 0.4) is 0 Å². The second kappa shape index (κ2) is 5.49. The summed E-state index contributed by atoms with van der Waals surface area (Å²) in [6, 6.07) is 0. The van der Waals surface area contributed by atoms with E-state index in [1.165, 1.54) is 4.90 Å². The molecule has 0 saturated carbocycles. The second-order valence-corrected chi connectivity index (χ2v) is 4.01. The zero-order valence-corrected chi connectivity index (χ0v) is 9.06. The minimum Gasteiger partial charge on any atom is -0.388 e. The van der Waals surface area contributed by atoms with Crippen molar-refractivity contribution in [2.75, 3.05) is 39.3 Å². The van der Waals surface area contributed by atoms with Crippen LogP contribution in [0.25, 0.3) is 0 Å². The van der Waals surface area contributed by atoms with E-state index < -0.39 is 12.7 Å². The van der Waals surface area contributed by atoms with Crippen molar-refractivity contribution in [3.63, 3.8) is 0 Å². The molecule has 1 saturated heterocycles. The van der Waals surface area contributed by atoms with Gasteiger partial charge in [-0.05, 0) is 0 Å². The van der Waals surface area contributed by atoms with Crippen LogP contribution >= 0.6 is 0 Å². The van der Waals surface area contributed by atoms with E-state index in [1.807, 2.05) is 4.90 Å². The molecule has 0 atom stereocenters. The van der Waals surface area contributed by atoms with Crippen molar-refractivity contribution in [3.8, 4) is 0 Å². The number of halogens is 3. The summed E-state index contributed by atoms with van der Waals surface area (Å²) in [7, 11) is 0. The summed E-state index contributed by atoms with van der Waals surface area (Å²) in [6.07, 6.45) is -3.62. The van der Waals surface area contributed by atoms with Gasteiger partial charge in [-0.15, -0.1) is 0 Å². The Bertz CT molecular complexity index is 233. The highest BCUT2D eigenvalue weighted by atomic mass is 19.4. The van der Waals surface area contributed by atoms with E-state index in [0.29, 0.717) is 39.1 Å². The first-order valence-electron chi connectivity index (χ1n) is 5.21. The Hall–Kier alpha value is -0.820. The highest BCUT2D eigenvalue weighted by molar-refractivity contribution is 5.76. The standard InChI is InChI=1S/C9H17F3N4/c10-9(11,12)7-16-5-3-15(4-6-16)2-1-8(13)14/h1-7H2,(H3,13,14). The molecule has 1 aliphatic rings. The molecule has 1 rings (SSSR count). The van der Waals surface area contributed by atoms with Gasteiger partial charge in [0.15, 0.2) is 0 Å². The predicted molar refractivity (Wildman–Crippen MR) is 55.5 cm³/mol. The van der Waals surface area contributed by atoms with E-state index in [4.69, 9.17) is 11.1 Å². The van der Waals surface area contributed by atoms with Gasteiger partial charge in [0.1, 0.15) is 0 Å². The average molecular weight is 238 g/mol. The number of piperazine rings is 1. The van der Waals surface area contributed by atoms with Crippen molar-refractivity contribution in [3.05, 3.63) is 0 Å². The summed E-state index contributed by atoms with van der Waals surface area (Å²) in [5, 5.41) is 7.06. The molecule has 0 spiro atoms. The van der Waals surface area contributed by atoms with Crippen LogP contribution in [0.2, 0.25) is 0 Å². The summed E-state index contributed by atoms with van der Waals surface area (Å²) in [5.41, 5.74) is 5.22. The number of nitrogens with one attached hydrogen (secondary N) is 1. The number of nitrogens with zero attached hydrogens (tertiary/aromatic N) is 2. The van der Waals surface area contributed by atoms with Crippen LogP contribution in [-0.4, -0.2) is 61.1 Å². The molecule has 1 aliphatic heterocycles. The van der Waals surface area contributed by atoms with Crippen molar-refractivity contribution >= 4 is 5.84 Å². The molecule has 3 N–H and O–H groups in total. The van der Waals surface area contributed by atoms with Crippen molar-refractivity contribution in [2.24, 2.45) is 5.73 Å². The summed E-state index contributed by atoms with van der Waals surface area (Å²) in [4.78, 5) is 3.44. The van der Waals surface area contributed by atoms with E-state index in [-0.39, 0.29) is 5.84 Å². The quantitative estimate of drug-likeness (QED) is 0.553. The molecule has 16 heavy (non-hydrogen) atoms. The van der Waals surface area contributed by atoms with Crippen LogP contribution in [0, 0.1) is 5.41 Å². The van der Waals surface area contributed by atoms with E-state index in [1.54, 1.807) is 0 Å². The summed E-state index contributed by atoms with van der Waals surface area (Å²) in [6.45, 7) is 1.92. The Balaban J connectivity index is 2.21. The maximum absolute atomic E-state index is 12.1. The van der Waals surface area contributed by atoms with Gasteiger partial charge in [0.05, 0.1) is 12.4 Å². The van der Waals surface area contributed by atoms with Gasteiger partial charge in [-0.3, -0.25) is 10.3 Å². The smallest absolute Gasteiger partial charge is 0.388 e. The molecule has 0 aliphatic carbocycles. The van der Waals surface area contributed by atoms with E-state index >= 15 is 0 Å². The largest absolute Gasteiger partial charge is 0.401 e. The predicted octanol–water partition coefficient (Wildman–Crippen LogP) is 0.492. The van der Waals surface area contributed by atoms with Gasteiger partial charge in [0, 0.05) is 39.1 Å². The molecular weight excluding hydrogens is 221 g/mol. The molecule has 0 aromatic heterocycles. The van der Waals surface area contributed by atoms with Crippen LogP contribution in [-0.2, 0) is 0 Å². The van der Waals surface area contributed by atoms with E-state index in [0.717, 1.165) is 0 Å². The third-order valence-electron chi connectivity index (χ3n) is 2.57. The number of amidine groups is 1. The van der Waals surface area contributed by atoms with E-state index in [2.05, 4.69) is 0 Å². The van der Waals surface area contributed by atoms with Crippen molar-refractivity contribution in [1.82, 2.24) is 9.80 Å². The first-order chi connectivity index (χ1) is 7.37. The Morgan fingerprint density at radius 2 is 1.62 bits per heavy atom. The Morgan fingerprint density at radius 3 is 2.06 bits per heavy atom. The van der Waals surface area contributed by atoms with Crippen molar-refractivity contribution < 1.29 is 13.2 Å². The molecule has 94 valence electrons. The fourth-order valence-electron chi connectivity index (χ4n) is 1.70. The topological polar surface area (TPSA) is 56.4 Å².